The Morgan fingerprint density at radius 3 is 0.761 bits per heavy atom. The van der Waals surface area contributed by atoms with Crippen LogP contribution >= 0.6 is 70.6 Å². The highest BCUT2D eigenvalue weighted by Gasteiger charge is 2.19. The lowest BCUT2D eigenvalue weighted by Crippen LogP contribution is -2.06. The van der Waals surface area contributed by atoms with Crippen molar-refractivity contribution in [2.45, 2.75) is 354 Å². The Morgan fingerprint density at radius 2 is 0.511 bits per heavy atom. The van der Waals surface area contributed by atoms with Crippen molar-refractivity contribution in [1.82, 2.24) is 15.0 Å². The van der Waals surface area contributed by atoms with Gasteiger partial charge in [-0.1, -0.05) is 304 Å². The number of hydrogen-bond donors (Lipinski definition) is 2. The molecular weight excluding hydrogens is 1190 g/mol. The lowest BCUT2D eigenvalue weighted by molar-refractivity contribution is 0.603. The number of unbranched alkanes of at least 4 members (excludes halogenated alkanes) is 36. The van der Waals surface area contributed by atoms with Gasteiger partial charge in [0.1, 0.15) is 0 Å². The smallest absolute Gasteiger partial charge is 0.232 e. The van der Waals surface area contributed by atoms with E-state index in [4.69, 9.17) is 15.0 Å². The number of thioether (sulfide) groups is 6. The summed E-state index contributed by atoms with van der Waals surface area (Å²) >= 11 is 12.6. The van der Waals surface area contributed by atoms with Gasteiger partial charge < -0.3 is 10.6 Å². The van der Waals surface area contributed by atoms with Crippen molar-refractivity contribution in [2.24, 2.45) is 0 Å². The summed E-state index contributed by atoms with van der Waals surface area (Å²) < 4.78 is 0. The summed E-state index contributed by atoms with van der Waals surface area (Å²) in [6, 6.07) is 18.6. The molecular formula is C77H129N5S6. The fourth-order valence-electron chi connectivity index (χ4n) is 11.2. The average Bonchev–Trinajstić information content (AvgIpc) is 3.18. The summed E-state index contributed by atoms with van der Waals surface area (Å²) in [5, 5.41) is 7.75. The Hall–Kier alpha value is -1.63. The third-order valence-electron chi connectivity index (χ3n) is 16.8. The Labute approximate surface area is 569 Å². The third kappa shape index (κ3) is 36.7. The van der Waals surface area contributed by atoms with Crippen LogP contribution in [0.3, 0.4) is 0 Å². The minimum Gasteiger partial charge on any atom is -0.324 e. The minimum atomic E-state index is 0.588. The van der Waals surface area contributed by atoms with Crippen LogP contribution in [0.5, 0.6) is 0 Å². The van der Waals surface area contributed by atoms with Gasteiger partial charge in [0.25, 0.3) is 0 Å². The summed E-state index contributed by atoms with van der Waals surface area (Å²) in [7, 11) is 0. The first kappa shape index (κ1) is 78.8. The van der Waals surface area contributed by atoms with E-state index < -0.39 is 0 Å². The molecule has 0 amide bonds. The molecule has 0 fully saturated rings. The summed E-state index contributed by atoms with van der Waals surface area (Å²) in [4.78, 5) is 24.6. The van der Waals surface area contributed by atoms with Crippen molar-refractivity contribution in [2.75, 3.05) is 45.2 Å². The van der Waals surface area contributed by atoms with Crippen LogP contribution in [0.4, 0.5) is 23.3 Å². The molecule has 3 aromatic carbocycles. The quantitative estimate of drug-likeness (QED) is 0.0328. The maximum absolute atomic E-state index is 5.33. The zero-order valence-corrected chi connectivity index (χ0v) is 62.5. The van der Waals surface area contributed by atoms with Crippen LogP contribution in [-0.4, -0.2) is 49.5 Å². The number of benzene rings is 3. The van der Waals surface area contributed by atoms with Crippen LogP contribution < -0.4 is 10.6 Å². The topological polar surface area (TPSA) is 62.7 Å². The number of nitrogens with one attached hydrogen (secondary N) is 2. The monoisotopic (exact) mass is 1320 g/mol. The Kier molecular flexibility index (Phi) is 49.0. The fraction of sp³-hybridized carbons (Fsp3) is 0.727. The van der Waals surface area contributed by atoms with Gasteiger partial charge in [0, 0.05) is 46.3 Å². The van der Waals surface area contributed by atoms with Gasteiger partial charge in [-0.05, 0) is 109 Å². The second kappa shape index (κ2) is 54.7. The highest BCUT2D eigenvalue weighted by molar-refractivity contribution is 8.04. The van der Waals surface area contributed by atoms with Crippen molar-refractivity contribution < 1.29 is 0 Å². The molecule has 0 atom stereocenters. The molecule has 4 rings (SSSR count). The minimum absolute atomic E-state index is 0.588. The van der Waals surface area contributed by atoms with Gasteiger partial charge >= 0.3 is 0 Å². The highest BCUT2D eigenvalue weighted by Crippen LogP contribution is 2.45. The maximum atomic E-state index is 5.33. The Morgan fingerprint density at radius 1 is 0.273 bits per heavy atom. The molecule has 0 radical (unpaired) electrons. The summed E-state index contributed by atoms with van der Waals surface area (Å²) in [6.07, 6.45) is 57.2. The molecule has 88 heavy (non-hydrogen) atoms. The molecule has 0 aliphatic heterocycles. The van der Waals surface area contributed by atoms with Gasteiger partial charge in [0.2, 0.25) is 11.9 Å². The first-order valence-corrected chi connectivity index (χ1v) is 42.9. The molecule has 0 aliphatic carbocycles. The number of aryl methyl sites for hydroxylation is 1. The standard InChI is InChI=1S/C77H129N5S6/c1-8-15-21-27-33-39-45-55-83-69-61-67(62-70(84-56-46-40-34-28-22-16-9-2)73(69)87-59-49-43-37-31-25-19-12-5)78-76-80-75(66-53-51-65(14-7)52-54-66)81-77(82-76)79-68-63-71(85-57-47-41-35-29-23-17-10-3)74(88-60-50-44-38-32-26-20-13-6)72(64-68)86-58-48-42-36-30-24-18-11-4/h51-54,61-64H,8-50,55-60H2,1-7H3,(H2,78,79,80,81,82). The maximum Gasteiger partial charge on any atom is 0.232 e. The van der Waals surface area contributed by atoms with E-state index in [2.05, 4.69) is 178 Å². The molecule has 1 heterocycles. The summed E-state index contributed by atoms with van der Waals surface area (Å²) in [5.41, 5.74) is 4.47. The van der Waals surface area contributed by atoms with Gasteiger partial charge in [0.05, 0.1) is 0 Å². The van der Waals surface area contributed by atoms with E-state index in [1.54, 1.807) is 0 Å². The van der Waals surface area contributed by atoms with Crippen LogP contribution in [0.15, 0.2) is 77.9 Å². The SMILES string of the molecule is CCCCCCCCCSc1cc(Nc2nc(Nc3cc(SCCCCCCCCC)c(SCCCCCCCCC)c(SCCCCCCCCC)c3)nc(-c3ccc(CC)cc3)n2)cc(SCCCCCCCCC)c1SCCCCCCCCC. The van der Waals surface area contributed by atoms with Gasteiger partial charge in [-0.3, -0.25) is 0 Å². The van der Waals surface area contributed by atoms with Gasteiger partial charge in [0.15, 0.2) is 5.82 Å². The summed E-state index contributed by atoms with van der Waals surface area (Å²) in [6.45, 7) is 16.2. The number of hydrogen-bond acceptors (Lipinski definition) is 11. The van der Waals surface area contributed by atoms with E-state index in [9.17, 15) is 0 Å². The Bertz CT molecular complexity index is 2080. The molecule has 4 aromatic rings. The normalized spacial score (nSPS) is 11.6. The average molecular weight is 1320 g/mol. The molecule has 1 aromatic heterocycles. The van der Waals surface area contributed by atoms with Crippen molar-refractivity contribution in [3.8, 4) is 11.4 Å². The van der Waals surface area contributed by atoms with Gasteiger partial charge in [-0.15, -0.1) is 70.6 Å². The molecule has 0 unspecified atom stereocenters. The highest BCUT2D eigenvalue weighted by atomic mass is 32.2. The van der Waals surface area contributed by atoms with E-state index in [0.29, 0.717) is 17.7 Å². The number of anilines is 4. The van der Waals surface area contributed by atoms with Crippen molar-refractivity contribution in [1.29, 1.82) is 0 Å². The van der Waals surface area contributed by atoms with Crippen LogP contribution in [-0.2, 0) is 6.42 Å². The fourth-order valence-corrected chi connectivity index (χ4v) is 18.7. The first-order chi connectivity index (χ1) is 43.5. The van der Waals surface area contributed by atoms with E-state index in [-0.39, 0.29) is 0 Å². The summed E-state index contributed by atoms with van der Waals surface area (Å²) in [5.74, 6) is 8.82. The molecule has 11 heteroatoms. The third-order valence-corrected chi connectivity index (χ3v) is 24.3. The van der Waals surface area contributed by atoms with E-state index in [1.807, 2.05) is 0 Å². The van der Waals surface area contributed by atoms with Gasteiger partial charge in [-0.25, -0.2) is 0 Å². The molecule has 0 saturated carbocycles. The second-order valence-corrected chi connectivity index (χ2v) is 31.8. The molecule has 0 bridgehead atoms. The van der Waals surface area contributed by atoms with Crippen LogP contribution in [0.25, 0.3) is 11.4 Å². The molecule has 0 aliphatic rings. The molecule has 0 saturated heterocycles. The zero-order chi connectivity index (χ0) is 62.6. The number of rotatable bonds is 60. The number of aromatic nitrogens is 3. The second-order valence-electron chi connectivity index (χ2n) is 25.0. The van der Waals surface area contributed by atoms with E-state index >= 15 is 0 Å². The molecule has 5 nitrogen and oxygen atoms in total. The lowest BCUT2D eigenvalue weighted by Gasteiger charge is -2.19. The van der Waals surface area contributed by atoms with Crippen LogP contribution in [0.1, 0.15) is 324 Å². The zero-order valence-electron chi connectivity index (χ0n) is 57.6. The first-order valence-electron chi connectivity index (χ1n) is 37.0. The Balaban J connectivity index is 1.77. The molecule has 2 N–H and O–H groups in total. The van der Waals surface area contributed by atoms with Crippen molar-refractivity contribution in [3.63, 3.8) is 0 Å². The van der Waals surface area contributed by atoms with E-state index in [1.165, 1.54) is 316 Å². The van der Waals surface area contributed by atoms with Crippen molar-refractivity contribution in [3.05, 3.63) is 54.1 Å². The van der Waals surface area contributed by atoms with Crippen molar-refractivity contribution >= 4 is 93.8 Å². The van der Waals surface area contributed by atoms with Crippen LogP contribution in [0.2, 0.25) is 0 Å². The van der Waals surface area contributed by atoms with Gasteiger partial charge in [-0.2, -0.15) is 15.0 Å². The lowest BCUT2D eigenvalue weighted by atomic mass is 10.1. The van der Waals surface area contributed by atoms with Crippen LogP contribution in [0, 0.1) is 0 Å². The largest absolute Gasteiger partial charge is 0.324 e. The molecule has 498 valence electrons. The molecule has 0 spiro atoms. The predicted molar refractivity (Wildman–Crippen MR) is 406 cm³/mol. The number of nitrogens with zero attached hydrogens (tertiary/aromatic N) is 3. The predicted octanol–water partition coefficient (Wildman–Crippen LogP) is 28.6. The van der Waals surface area contributed by atoms with E-state index in [0.717, 1.165) is 46.4 Å².